The molecular formula is C31H25ClN2O4. The van der Waals surface area contributed by atoms with Crippen LogP contribution < -0.4 is 4.74 Å². The van der Waals surface area contributed by atoms with Gasteiger partial charge >= 0.3 is 0 Å². The zero-order valence-corrected chi connectivity index (χ0v) is 21.4. The number of pyridine rings is 1. The van der Waals surface area contributed by atoms with Crippen LogP contribution in [-0.4, -0.2) is 26.7 Å². The third-order valence-electron chi connectivity index (χ3n) is 6.50. The number of aliphatic hydroxyl groups excluding tert-OH is 1. The van der Waals surface area contributed by atoms with Crippen molar-refractivity contribution in [2.45, 2.75) is 26.1 Å². The number of aliphatic hydroxyl groups is 1. The Bertz CT molecular complexity index is 1500. The van der Waals surface area contributed by atoms with Gasteiger partial charge in [0.25, 0.3) is 11.7 Å². The van der Waals surface area contributed by atoms with Crippen molar-refractivity contribution in [3.8, 4) is 5.75 Å². The van der Waals surface area contributed by atoms with Gasteiger partial charge in [0, 0.05) is 29.5 Å². The molecule has 3 aromatic carbocycles. The van der Waals surface area contributed by atoms with Crippen molar-refractivity contribution in [1.82, 2.24) is 9.88 Å². The molecule has 1 N–H and O–H groups in total. The molecule has 5 rings (SSSR count). The highest BCUT2D eigenvalue weighted by Gasteiger charge is 2.46. The highest BCUT2D eigenvalue weighted by molar-refractivity contribution is 6.46. The SMILES string of the molecule is Cc1cc(OCc2ccccc2)ccc1/C(O)=C1\C(=O)C(=O)N(Cc2cccnc2)C1c1ccc(Cl)cc1. The molecule has 1 fully saturated rings. The molecule has 1 saturated heterocycles. The number of likely N-dealkylation sites (tertiary alicyclic amines) is 1. The van der Waals surface area contributed by atoms with E-state index in [0.29, 0.717) is 34.1 Å². The smallest absolute Gasteiger partial charge is 0.295 e. The van der Waals surface area contributed by atoms with Crippen LogP contribution in [-0.2, 0) is 22.7 Å². The van der Waals surface area contributed by atoms with E-state index in [1.165, 1.54) is 4.90 Å². The van der Waals surface area contributed by atoms with Crippen molar-refractivity contribution in [1.29, 1.82) is 0 Å². The fourth-order valence-corrected chi connectivity index (χ4v) is 4.73. The molecule has 6 nitrogen and oxygen atoms in total. The standard InChI is InChI=1S/C31H25ClN2O4/c1-20-16-25(38-19-21-6-3-2-4-7-21)13-14-26(20)29(35)27-28(23-9-11-24(32)12-10-23)34(31(37)30(27)36)18-22-8-5-15-33-17-22/h2-17,28,35H,18-19H2,1H3/b29-27+. The summed E-state index contributed by atoms with van der Waals surface area (Å²) in [5.41, 5.74) is 3.66. The van der Waals surface area contributed by atoms with Crippen molar-refractivity contribution < 1.29 is 19.4 Å². The first kappa shape index (κ1) is 25.2. The Morgan fingerprint density at radius 2 is 1.71 bits per heavy atom. The van der Waals surface area contributed by atoms with E-state index in [2.05, 4.69) is 4.98 Å². The molecule has 190 valence electrons. The number of Topliss-reactive ketones (excluding diaryl/α,β-unsaturated/α-hetero) is 1. The van der Waals surface area contributed by atoms with Crippen molar-refractivity contribution in [2.75, 3.05) is 0 Å². The fraction of sp³-hybridized carbons (Fsp3) is 0.129. The van der Waals surface area contributed by atoms with Crippen molar-refractivity contribution >= 4 is 29.1 Å². The first-order valence-electron chi connectivity index (χ1n) is 12.1. The minimum atomic E-state index is -0.791. The van der Waals surface area contributed by atoms with Crippen LogP contribution in [0.25, 0.3) is 5.76 Å². The van der Waals surface area contributed by atoms with E-state index < -0.39 is 17.7 Å². The summed E-state index contributed by atoms with van der Waals surface area (Å²) in [6.07, 6.45) is 3.29. The highest BCUT2D eigenvalue weighted by atomic mass is 35.5. The number of ketones is 1. The van der Waals surface area contributed by atoms with E-state index >= 15 is 0 Å². The Kier molecular flexibility index (Phi) is 7.24. The molecule has 4 aromatic rings. The summed E-state index contributed by atoms with van der Waals surface area (Å²) in [4.78, 5) is 32.1. The summed E-state index contributed by atoms with van der Waals surface area (Å²) in [6, 6.07) is 24.8. The fourth-order valence-electron chi connectivity index (χ4n) is 4.60. The maximum Gasteiger partial charge on any atom is 0.295 e. The second-order valence-corrected chi connectivity index (χ2v) is 9.53. The van der Waals surface area contributed by atoms with Crippen LogP contribution in [0.3, 0.4) is 0 Å². The van der Waals surface area contributed by atoms with Gasteiger partial charge in [-0.2, -0.15) is 0 Å². The lowest BCUT2D eigenvalue weighted by molar-refractivity contribution is -0.140. The molecule has 0 bridgehead atoms. The summed E-state index contributed by atoms with van der Waals surface area (Å²) in [5, 5.41) is 12.0. The van der Waals surface area contributed by atoms with Crippen LogP contribution in [0.4, 0.5) is 0 Å². The summed E-state index contributed by atoms with van der Waals surface area (Å²) in [5.74, 6) is -1.02. The normalized spacial score (nSPS) is 16.6. The molecule has 0 radical (unpaired) electrons. The number of carbonyl (C=O) groups is 2. The molecule has 1 unspecified atom stereocenters. The van der Waals surface area contributed by atoms with Gasteiger partial charge in [-0.25, -0.2) is 0 Å². The van der Waals surface area contributed by atoms with Crippen molar-refractivity contribution in [3.63, 3.8) is 0 Å². The van der Waals surface area contributed by atoms with E-state index in [9.17, 15) is 14.7 Å². The summed E-state index contributed by atoms with van der Waals surface area (Å²) in [6.45, 7) is 2.39. The molecule has 2 heterocycles. The second-order valence-electron chi connectivity index (χ2n) is 9.09. The number of aryl methyl sites for hydroxylation is 1. The molecule has 0 aliphatic carbocycles. The molecule has 1 aliphatic heterocycles. The largest absolute Gasteiger partial charge is 0.507 e. The first-order chi connectivity index (χ1) is 18.4. The lowest BCUT2D eigenvalue weighted by Crippen LogP contribution is -2.29. The number of ether oxygens (including phenoxy) is 1. The van der Waals surface area contributed by atoms with Gasteiger partial charge in [-0.15, -0.1) is 0 Å². The minimum absolute atomic E-state index is 0.0299. The van der Waals surface area contributed by atoms with Gasteiger partial charge in [0.05, 0.1) is 11.6 Å². The van der Waals surface area contributed by atoms with Crippen molar-refractivity contribution in [2.24, 2.45) is 0 Å². The van der Waals surface area contributed by atoms with Crippen LogP contribution in [0.15, 0.2) is 103 Å². The monoisotopic (exact) mass is 524 g/mol. The summed E-state index contributed by atoms with van der Waals surface area (Å²) < 4.78 is 5.91. The molecule has 0 saturated carbocycles. The zero-order chi connectivity index (χ0) is 26.6. The molecule has 1 aromatic heterocycles. The topological polar surface area (TPSA) is 79.7 Å². The summed E-state index contributed by atoms with van der Waals surface area (Å²) >= 11 is 6.11. The Morgan fingerprint density at radius 1 is 0.974 bits per heavy atom. The van der Waals surface area contributed by atoms with E-state index in [4.69, 9.17) is 16.3 Å². The third-order valence-corrected chi connectivity index (χ3v) is 6.75. The van der Waals surface area contributed by atoms with Crippen LogP contribution in [0.5, 0.6) is 5.75 Å². The number of carbonyl (C=O) groups excluding carboxylic acids is 2. The number of nitrogens with zero attached hydrogens (tertiary/aromatic N) is 2. The maximum atomic E-state index is 13.3. The van der Waals surface area contributed by atoms with Crippen LogP contribution >= 0.6 is 11.6 Å². The first-order valence-corrected chi connectivity index (χ1v) is 12.5. The molecule has 1 amide bonds. The average Bonchev–Trinajstić information content (AvgIpc) is 3.18. The second kappa shape index (κ2) is 10.9. The number of hydrogen-bond acceptors (Lipinski definition) is 5. The molecule has 1 aliphatic rings. The molecule has 38 heavy (non-hydrogen) atoms. The molecule has 7 heteroatoms. The zero-order valence-electron chi connectivity index (χ0n) is 20.7. The Labute approximate surface area is 225 Å². The van der Waals surface area contributed by atoms with E-state index in [1.54, 1.807) is 60.9 Å². The number of rotatable bonds is 7. The average molecular weight is 525 g/mol. The Balaban J connectivity index is 1.52. The van der Waals surface area contributed by atoms with E-state index in [-0.39, 0.29) is 17.9 Å². The minimum Gasteiger partial charge on any atom is -0.507 e. The van der Waals surface area contributed by atoms with E-state index in [1.807, 2.05) is 43.3 Å². The van der Waals surface area contributed by atoms with Crippen LogP contribution in [0.2, 0.25) is 5.02 Å². The number of benzene rings is 3. The van der Waals surface area contributed by atoms with Crippen LogP contribution in [0.1, 0.15) is 33.9 Å². The quantitative estimate of drug-likeness (QED) is 0.176. The number of aromatic nitrogens is 1. The van der Waals surface area contributed by atoms with Gasteiger partial charge < -0.3 is 14.7 Å². The van der Waals surface area contributed by atoms with Gasteiger partial charge in [-0.05, 0) is 65.6 Å². The van der Waals surface area contributed by atoms with Crippen LogP contribution in [0, 0.1) is 6.92 Å². The Morgan fingerprint density at radius 3 is 2.39 bits per heavy atom. The number of halogens is 1. The lowest BCUT2D eigenvalue weighted by atomic mass is 9.94. The summed E-state index contributed by atoms with van der Waals surface area (Å²) in [7, 11) is 0. The van der Waals surface area contributed by atoms with Gasteiger partial charge in [-0.1, -0.05) is 60.1 Å². The van der Waals surface area contributed by atoms with Gasteiger partial charge in [0.15, 0.2) is 0 Å². The molecular weight excluding hydrogens is 500 g/mol. The highest BCUT2D eigenvalue weighted by Crippen LogP contribution is 2.41. The number of amides is 1. The number of hydrogen-bond donors (Lipinski definition) is 1. The molecule has 0 spiro atoms. The predicted octanol–water partition coefficient (Wildman–Crippen LogP) is 6.24. The van der Waals surface area contributed by atoms with Gasteiger partial charge in [0.2, 0.25) is 0 Å². The molecule has 1 atom stereocenters. The lowest BCUT2D eigenvalue weighted by Gasteiger charge is -2.25. The van der Waals surface area contributed by atoms with Gasteiger partial charge in [0.1, 0.15) is 18.1 Å². The van der Waals surface area contributed by atoms with Crippen molar-refractivity contribution in [3.05, 3.63) is 136 Å². The third kappa shape index (κ3) is 5.17. The maximum absolute atomic E-state index is 13.3. The van der Waals surface area contributed by atoms with E-state index in [0.717, 1.165) is 11.1 Å². The Hall–Kier alpha value is -4.42. The predicted molar refractivity (Wildman–Crippen MR) is 145 cm³/mol. The van der Waals surface area contributed by atoms with Gasteiger partial charge in [-0.3, -0.25) is 14.6 Å².